The van der Waals surface area contributed by atoms with Crippen molar-refractivity contribution in [3.8, 4) is 0 Å². The van der Waals surface area contributed by atoms with E-state index in [9.17, 15) is 4.79 Å². The number of carbonyl (C=O) groups excluding carboxylic acids is 1. The highest BCUT2D eigenvalue weighted by molar-refractivity contribution is 6.30. The van der Waals surface area contributed by atoms with Crippen molar-refractivity contribution in [2.45, 2.75) is 27.2 Å². The third-order valence-corrected chi connectivity index (χ3v) is 4.66. The number of halogens is 1. The number of amides is 1. The second-order valence-corrected chi connectivity index (χ2v) is 8.14. The molecule has 0 radical (unpaired) electrons. The summed E-state index contributed by atoms with van der Waals surface area (Å²) < 4.78 is 0. The Bertz CT molecular complexity index is 516. The van der Waals surface area contributed by atoms with Gasteiger partial charge in [-0.3, -0.25) is 9.69 Å². The van der Waals surface area contributed by atoms with E-state index in [0.29, 0.717) is 10.4 Å². The second-order valence-electron chi connectivity index (χ2n) is 7.70. The molecule has 0 aliphatic carbocycles. The van der Waals surface area contributed by atoms with E-state index in [4.69, 9.17) is 11.6 Å². The average Bonchev–Trinajstić information content (AvgIpc) is 2.54. The second kappa shape index (κ2) is 8.84. The Hall–Kier alpha value is -1.10. The standard InChI is InChI=1S/C19H30ClN3O/c1-19(2,3)8-9-21-10-11-22-12-14-23(15-13-22)18(24)16-4-6-17(20)7-5-16/h4-7,21H,8-15H2,1-3H3. The van der Waals surface area contributed by atoms with Crippen LogP contribution in [0.2, 0.25) is 5.02 Å². The quantitative estimate of drug-likeness (QED) is 0.800. The Morgan fingerprint density at radius 1 is 1.08 bits per heavy atom. The summed E-state index contributed by atoms with van der Waals surface area (Å²) in [6.45, 7) is 13.4. The van der Waals surface area contributed by atoms with Crippen molar-refractivity contribution in [1.29, 1.82) is 0 Å². The van der Waals surface area contributed by atoms with Gasteiger partial charge in [0, 0.05) is 49.9 Å². The molecule has 0 saturated carbocycles. The van der Waals surface area contributed by atoms with Crippen LogP contribution in [0, 0.1) is 5.41 Å². The molecule has 1 heterocycles. The molecule has 1 aromatic carbocycles. The van der Waals surface area contributed by atoms with E-state index in [-0.39, 0.29) is 5.91 Å². The van der Waals surface area contributed by atoms with Crippen molar-refractivity contribution in [2.75, 3.05) is 45.8 Å². The minimum atomic E-state index is 0.106. The van der Waals surface area contributed by atoms with Crippen LogP contribution in [0.5, 0.6) is 0 Å². The fraction of sp³-hybridized carbons (Fsp3) is 0.632. The third-order valence-electron chi connectivity index (χ3n) is 4.41. The molecule has 2 rings (SSSR count). The molecule has 1 aliphatic heterocycles. The van der Waals surface area contributed by atoms with Gasteiger partial charge in [0.1, 0.15) is 0 Å². The minimum Gasteiger partial charge on any atom is -0.336 e. The number of piperazine rings is 1. The molecule has 134 valence electrons. The smallest absolute Gasteiger partial charge is 0.253 e. The van der Waals surface area contributed by atoms with Gasteiger partial charge in [0.05, 0.1) is 0 Å². The molecule has 1 aliphatic rings. The maximum absolute atomic E-state index is 12.5. The van der Waals surface area contributed by atoms with Crippen LogP contribution in [0.1, 0.15) is 37.6 Å². The number of nitrogens with one attached hydrogen (secondary N) is 1. The van der Waals surface area contributed by atoms with Gasteiger partial charge in [-0.2, -0.15) is 0 Å². The lowest BCUT2D eigenvalue weighted by Crippen LogP contribution is -2.50. The van der Waals surface area contributed by atoms with Crippen molar-refractivity contribution >= 4 is 17.5 Å². The van der Waals surface area contributed by atoms with Crippen LogP contribution in [0.3, 0.4) is 0 Å². The van der Waals surface area contributed by atoms with Crippen molar-refractivity contribution in [3.63, 3.8) is 0 Å². The monoisotopic (exact) mass is 351 g/mol. The molecule has 0 unspecified atom stereocenters. The van der Waals surface area contributed by atoms with E-state index < -0.39 is 0 Å². The summed E-state index contributed by atoms with van der Waals surface area (Å²) in [6, 6.07) is 7.15. The molecular formula is C19H30ClN3O. The number of carbonyl (C=O) groups is 1. The zero-order valence-corrected chi connectivity index (χ0v) is 15.9. The number of hydrogen-bond acceptors (Lipinski definition) is 3. The first-order valence-electron chi connectivity index (χ1n) is 8.83. The summed E-state index contributed by atoms with van der Waals surface area (Å²) in [7, 11) is 0. The lowest BCUT2D eigenvalue weighted by Gasteiger charge is -2.34. The highest BCUT2D eigenvalue weighted by Gasteiger charge is 2.21. The fourth-order valence-electron chi connectivity index (χ4n) is 2.78. The molecule has 0 atom stereocenters. The van der Waals surface area contributed by atoms with Gasteiger partial charge in [-0.15, -0.1) is 0 Å². The molecule has 4 nitrogen and oxygen atoms in total. The summed E-state index contributed by atoms with van der Waals surface area (Å²) in [5.41, 5.74) is 1.11. The number of hydrogen-bond donors (Lipinski definition) is 1. The van der Waals surface area contributed by atoms with Gasteiger partial charge < -0.3 is 10.2 Å². The van der Waals surface area contributed by atoms with Gasteiger partial charge >= 0.3 is 0 Å². The molecule has 0 spiro atoms. The van der Waals surface area contributed by atoms with Crippen LogP contribution in [-0.2, 0) is 0 Å². The zero-order valence-electron chi connectivity index (χ0n) is 15.1. The lowest BCUT2D eigenvalue weighted by molar-refractivity contribution is 0.0638. The van der Waals surface area contributed by atoms with E-state index >= 15 is 0 Å². The maximum atomic E-state index is 12.5. The van der Waals surface area contributed by atoms with Gasteiger partial charge in [-0.1, -0.05) is 32.4 Å². The van der Waals surface area contributed by atoms with Crippen LogP contribution in [0.15, 0.2) is 24.3 Å². The fourth-order valence-corrected chi connectivity index (χ4v) is 2.90. The van der Waals surface area contributed by atoms with E-state index in [0.717, 1.165) is 51.4 Å². The summed E-state index contributed by atoms with van der Waals surface area (Å²) in [6.07, 6.45) is 1.19. The highest BCUT2D eigenvalue weighted by atomic mass is 35.5. The Morgan fingerprint density at radius 3 is 2.29 bits per heavy atom. The third kappa shape index (κ3) is 6.42. The largest absolute Gasteiger partial charge is 0.336 e. The Labute approximate surface area is 151 Å². The summed E-state index contributed by atoms with van der Waals surface area (Å²) in [4.78, 5) is 16.8. The zero-order chi connectivity index (χ0) is 17.6. The summed E-state index contributed by atoms with van der Waals surface area (Å²) in [5.74, 6) is 0.106. The van der Waals surface area contributed by atoms with Crippen LogP contribution >= 0.6 is 11.6 Å². The molecule has 0 aromatic heterocycles. The molecule has 1 saturated heterocycles. The first-order chi connectivity index (χ1) is 11.3. The summed E-state index contributed by atoms with van der Waals surface area (Å²) in [5, 5.41) is 4.18. The normalized spacial score (nSPS) is 16.4. The molecule has 1 amide bonds. The predicted octanol–water partition coefficient (Wildman–Crippen LogP) is 3.12. The molecule has 1 fully saturated rings. The van der Waals surface area contributed by atoms with Crippen molar-refractivity contribution < 1.29 is 4.79 Å². The van der Waals surface area contributed by atoms with Crippen LogP contribution in [0.4, 0.5) is 0 Å². The molecule has 0 bridgehead atoms. The van der Waals surface area contributed by atoms with Crippen molar-refractivity contribution in [1.82, 2.24) is 15.1 Å². The number of benzene rings is 1. The van der Waals surface area contributed by atoms with E-state index in [2.05, 4.69) is 31.0 Å². The van der Waals surface area contributed by atoms with E-state index in [1.165, 1.54) is 6.42 Å². The van der Waals surface area contributed by atoms with Gasteiger partial charge in [0.25, 0.3) is 5.91 Å². The number of rotatable bonds is 6. The molecule has 1 N–H and O–H groups in total. The van der Waals surface area contributed by atoms with Crippen LogP contribution in [0.25, 0.3) is 0 Å². The summed E-state index contributed by atoms with van der Waals surface area (Å²) >= 11 is 5.88. The van der Waals surface area contributed by atoms with Crippen LogP contribution in [-0.4, -0.2) is 61.5 Å². The topological polar surface area (TPSA) is 35.6 Å². The first-order valence-corrected chi connectivity index (χ1v) is 9.21. The van der Waals surface area contributed by atoms with Gasteiger partial charge in [0.2, 0.25) is 0 Å². The van der Waals surface area contributed by atoms with E-state index in [1.807, 2.05) is 4.90 Å². The molecular weight excluding hydrogens is 322 g/mol. The molecule has 5 heteroatoms. The first kappa shape index (κ1) is 19.2. The minimum absolute atomic E-state index is 0.106. The average molecular weight is 352 g/mol. The Kier molecular flexibility index (Phi) is 7.08. The Balaban J connectivity index is 1.66. The SMILES string of the molecule is CC(C)(C)CCNCCN1CCN(C(=O)c2ccc(Cl)cc2)CC1. The van der Waals surface area contributed by atoms with Crippen molar-refractivity contribution in [2.24, 2.45) is 5.41 Å². The van der Waals surface area contributed by atoms with Crippen LogP contribution < -0.4 is 5.32 Å². The van der Waals surface area contributed by atoms with Gasteiger partial charge in [0.15, 0.2) is 0 Å². The molecule has 24 heavy (non-hydrogen) atoms. The highest BCUT2D eigenvalue weighted by Crippen LogP contribution is 2.17. The predicted molar refractivity (Wildman–Crippen MR) is 101 cm³/mol. The van der Waals surface area contributed by atoms with Gasteiger partial charge in [-0.25, -0.2) is 0 Å². The van der Waals surface area contributed by atoms with E-state index in [1.54, 1.807) is 24.3 Å². The van der Waals surface area contributed by atoms with Gasteiger partial charge in [-0.05, 0) is 42.6 Å². The Morgan fingerprint density at radius 2 is 1.71 bits per heavy atom. The molecule has 1 aromatic rings. The van der Waals surface area contributed by atoms with Crippen molar-refractivity contribution in [3.05, 3.63) is 34.9 Å². The maximum Gasteiger partial charge on any atom is 0.253 e. The lowest BCUT2D eigenvalue weighted by atomic mass is 9.92. The number of nitrogens with zero attached hydrogens (tertiary/aromatic N) is 2.